The number of Topliss-reactive ketones (excluding diaryl/α,β-unsaturated/α-hetero) is 1. The Morgan fingerprint density at radius 3 is 3.00 bits per heavy atom. The maximum Gasteiger partial charge on any atom is 0.136 e. The van der Waals surface area contributed by atoms with Crippen molar-refractivity contribution in [2.75, 3.05) is 0 Å². The van der Waals surface area contributed by atoms with Crippen LogP contribution in [0, 0.1) is 17.8 Å². The van der Waals surface area contributed by atoms with Gasteiger partial charge >= 0.3 is 0 Å². The second kappa shape index (κ2) is 2.62. The number of hydrogen-bond donors (Lipinski definition) is 0. The van der Waals surface area contributed by atoms with Crippen LogP contribution in [0.4, 0.5) is 0 Å². The topological polar surface area (TPSA) is 17.1 Å². The summed E-state index contributed by atoms with van der Waals surface area (Å²) in [5.41, 5.74) is 0. The monoisotopic (exact) mass is 152 g/mol. The van der Waals surface area contributed by atoms with Crippen LogP contribution in [0.5, 0.6) is 0 Å². The van der Waals surface area contributed by atoms with Crippen LogP contribution in [-0.4, -0.2) is 5.78 Å². The van der Waals surface area contributed by atoms with Crippen molar-refractivity contribution in [3.63, 3.8) is 0 Å². The van der Waals surface area contributed by atoms with Crippen LogP contribution < -0.4 is 0 Å². The van der Waals surface area contributed by atoms with E-state index in [9.17, 15) is 4.79 Å². The van der Waals surface area contributed by atoms with Gasteiger partial charge in [-0.1, -0.05) is 19.8 Å². The van der Waals surface area contributed by atoms with Gasteiger partial charge in [-0.2, -0.15) is 0 Å². The molecule has 1 nitrogen and oxygen atoms in total. The van der Waals surface area contributed by atoms with Gasteiger partial charge in [0.1, 0.15) is 5.78 Å². The molecule has 0 spiro atoms. The zero-order valence-electron chi connectivity index (χ0n) is 7.18. The van der Waals surface area contributed by atoms with E-state index in [1.54, 1.807) is 0 Å². The Labute approximate surface area is 68.2 Å². The number of fused-ring (bicyclic) bond motifs is 2. The molecular weight excluding hydrogens is 136 g/mol. The summed E-state index contributed by atoms with van der Waals surface area (Å²) in [6.07, 6.45) is 6.06. The van der Waals surface area contributed by atoms with Crippen LogP contribution in [0.25, 0.3) is 0 Å². The fourth-order valence-corrected chi connectivity index (χ4v) is 2.71. The highest BCUT2D eigenvalue weighted by Crippen LogP contribution is 2.40. The highest BCUT2D eigenvalue weighted by atomic mass is 16.1. The lowest BCUT2D eigenvalue weighted by molar-refractivity contribution is -0.122. The normalized spacial score (nSPS) is 44.1. The van der Waals surface area contributed by atoms with Gasteiger partial charge in [0.15, 0.2) is 0 Å². The van der Waals surface area contributed by atoms with Crippen LogP contribution in [0.2, 0.25) is 0 Å². The number of carbonyl (C=O) groups excluding carboxylic acids is 1. The molecule has 11 heavy (non-hydrogen) atoms. The van der Waals surface area contributed by atoms with Crippen molar-refractivity contribution in [2.24, 2.45) is 17.8 Å². The summed E-state index contributed by atoms with van der Waals surface area (Å²) >= 11 is 0. The summed E-state index contributed by atoms with van der Waals surface area (Å²) in [5.74, 6) is 2.44. The van der Waals surface area contributed by atoms with E-state index in [0.717, 1.165) is 12.3 Å². The third kappa shape index (κ3) is 1.21. The van der Waals surface area contributed by atoms with Gasteiger partial charge in [-0.15, -0.1) is 0 Å². The summed E-state index contributed by atoms with van der Waals surface area (Å²) in [6.45, 7) is 2.25. The number of ketones is 1. The fourth-order valence-electron chi connectivity index (χ4n) is 2.71. The molecule has 0 N–H and O–H groups in total. The van der Waals surface area contributed by atoms with Crippen molar-refractivity contribution in [1.82, 2.24) is 0 Å². The molecule has 0 aromatic carbocycles. The van der Waals surface area contributed by atoms with E-state index in [4.69, 9.17) is 0 Å². The van der Waals surface area contributed by atoms with Gasteiger partial charge in [-0.3, -0.25) is 4.79 Å². The number of carbonyl (C=O) groups is 1. The van der Waals surface area contributed by atoms with Crippen molar-refractivity contribution in [1.29, 1.82) is 0 Å². The molecule has 0 heterocycles. The second-order valence-corrected chi connectivity index (χ2v) is 4.29. The predicted molar refractivity (Wildman–Crippen MR) is 44.2 cm³/mol. The van der Waals surface area contributed by atoms with Crippen molar-refractivity contribution in [3.05, 3.63) is 0 Å². The molecule has 2 aliphatic rings. The van der Waals surface area contributed by atoms with Crippen molar-refractivity contribution in [3.8, 4) is 0 Å². The summed E-state index contributed by atoms with van der Waals surface area (Å²) in [7, 11) is 0. The first-order valence-corrected chi connectivity index (χ1v) is 4.80. The first-order valence-electron chi connectivity index (χ1n) is 4.80. The standard InChI is InChI=1S/C10H16O/c1-7-3-2-4-8-5-9(7)10(11)6-8/h7-9H,2-6H2,1H3. The van der Waals surface area contributed by atoms with E-state index >= 15 is 0 Å². The molecule has 2 fully saturated rings. The molecule has 62 valence electrons. The third-order valence-electron chi connectivity index (χ3n) is 3.45. The van der Waals surface area contributed by atoms with Crippen molar-refractivity contribution in [2.45, 2.75) is 39.0 Å². The van der Waals surface area contributed by atoms with Gasteiger partial charge in [0, 0.05) is 12.3 Å². The van der Waals surface area contributed by atoms with Gasteiger partial charge < -0.3 is 0 Å². The molecule has 0 aromatic rings. The van der Waals surface area contributed by atoms with Gasteiger partial charge in [0.25, 0.3) is 0 Å². The first-order chi connectivity index (χ1) is 5.27. The summed E-state index contributed by atoms with van der Waals surface area (Å²) < 4.78 is 0. The second-order valence-electron chi connectivity index (χ2n) is 4.29. The molecular formula is C10H16O. The average Bonchev–Trinajstić information content (AvgIpc) is 2.20. The number of rotatable bonds is 0. The lowest BCUT2D eigenvalue weighted by atomic mass is 9.89. The largest absolute Gasteiger partial charge is 0.299 e. The molecule has 2 bridgehead atoms. The SMILES string of the molecule is CC1CCCC2CC(=O)C1C2. The molecule has 1 heteroatoms. The van der Waals surface area contributed by atoms with Crippen LogP contribution in [0.3, 0.4) is 0 Å². The minimum atomic E-state index is 0.447. The van der Waals surface area contributed by atoms with Crippen LogP contribution in [0.15, 0.2) is 0 Å². The van der Waals surface area contributed by atoms with E-state index in [-0.39, 0.29) is 0 Å². The highest BCUT2D eigenvalue weighted by Gasteiger charge is 2.37. The predicted octanol–water partition coefficient (Wildman–Crippen LogP) is 2.40. The van der Waals surface area contributed by atoms with Crippen LogP contribution in [0.1, 0.15) is 39.0 Å². The van der Waals surface area contributed by atoms with E-state index in [1.165, 1.54) is 25.7 Å². The zero-order chi connectivity index (χ0) is 7.84. The van der Waals surface area contributed by atoms with Crippen LogP contribution >= 0.6 is 0 Å². The van der Waals surface area contributed by atoms with E-state index < -0.39 is 0 Å². The third-order valence-corrected chi connectivity index (χ3v) is 3.45. The van der Waals surface area contributed by atoms with Gasteiger partial charge in [-0.25, -0.2) is 0 Å². The maximum absolute atomic E-state index is 11.4. The van der Waals surface area contributed by atoms with E-state index in [0.29, 0.717) is 17.6 Å². The minimum Gasteiger partial charge on any atom is -0.299 e. The van der Waals surface area contributed by atoms with Gasteiger partial charge in [0.2, 0.25) is 0 Å². The summed E-state index contributed by atoms with van der Waals surface area (Å²) in [5, 5.41) is 0. The lowest BCUT2D eigenvalue weighted by Crippen LogP contribution is -2.15. The smallest absolute Gasteiger partial charge is 0.136 e. The molecule has 2 saturated carbocycles. The van der Waals surface area contributed by atoms with Gasteiger partial charge in [0.05, 0.1) is 0 Å². The zero-order valence-corrected chi connectivity index (χ0v) is 7.18. The molecule has 3 atom stereocenters. The average molecular weight is 152 g/mol. The van der Waals surface area contributed by atoms with E-state index in [1.807, 2.05) is 0 Å². The van der Waals surface area contributed by atoms with Gasteiger partial charge in [-0.05, 0) is 24.7 Å². The van der Waals surface area contributed by atoms with Crippen molar-refractivity contribution < 1.29 is 4.79 Å². The quantitative estimate of drug-likeness (QED) is 0.521. The molecule has 2 aliphatic carbocycles. The molecule has 2 rings (SSSR count). The lowest BCUT2D eigenvalue weighted by Gasteiger charge is -2.15. The summed E-state index contributed by atoms with van der Waals surface area (Å²) in [4.78, 5) is 11.4. The molecule has 0 amide bonds. The highest BCUT2D eigenvalue weighted by molar-refractivity contribution is 5.83. The molecule has 0 saturated heterocycles. The Morgan fingerprint density at radius 2 is 2.18 bits per heavy atom. The van der Waals surface area contributed by atoms with Crippen molar-refractivity contribution >= 4 is 5.78 Å². The Morgan fingerprint density at radius 1 is 1.36 bits per heavy atom. The molecule has 0 aromatic heterocycles. The maximum atomic E-state index is 11.4. The first kappa shape index (κ1) is 7.33. The van der Waals surface area contributed by atoms with E-state index in [2.05, 4.69) is 6.92 Å². The van der Waals surface area contributed by atoms with Crippen LogP contribution in [-0.2, 0) is 4.79 Å². The fraction of sp³-hybridized carbons (Fsp3) is 0.900. The molecule has 0 aliphatic heterocycles. The minimum absolute atomic E-state index is 0.447. The summed E-state index contributed by atoms with van der Waals surface area (Å²) in [6, 6.07) is 0. The Hall–Kier alpha value is -0.330. The molecule has 3 unspecified atom stereocenters. The number of hydrogen-bond acceptors (Lipinski definition) is 1. The molecule has 0 radical (unpaired) electrons. The Kier molecular flexibility index (Phi) is 1.74. The Balaban J connectivity index is 2.15. The Bertz CT molecular complexity index is 174.